The van der Waals surface area contributed by atoms with Crippen LogP contribution in [-0.2, 0) is 9.53 Å². The Morgan fingerprint density at radius 2 is 2.00 bits per heavy atom. The summed E-state index contributed by atoms with van der Waals surface area (Å²) in [5.74, 6) is 1.52. The van der Waals surface area contributed by atoms with Crippen molar-refractivity contribution in [1.29, 1.82) is 0 Å². The number of nitrogens with two attached hydrogens (primary N) is 1. The van der Waals surface area contributed by atoms with Crippen LogP contribution in [0.1, 0.15) is 32.1 Å². The van der Waals surface area contributed by atoms with Crippen molar-refractivity contribution in [2.24, 2.45) is 23.5 Å². The third-order valence-electron chi connectivity index (χ3n) is 4.53. The Morgan fingerprint density at radius 3 is 2.67 bits per heavy atom. The maximum atomic E-state index is 12.4. The van der Waals surface area contributed by atoms with E-state index in [-0.39, 0.29) is 5.92 Å². The first-order valence-corrected chi connectivity index (χ1v) is 7.25. The van der Waals surface area contributed by atoms with Crippen molar-refractivity contribution in [2.75, 3.05) is 33.4 Å². The van der Waals surface area contributed by atoms with E-state index < -0.39 is 0 Å². The van der Waals surface area contributed by atoms with Gasteiger partial charge < -0.3 is 15.4 Å². The molecule has 0 aromatic heterocycles. The van der Waals surface area contributed by atoms with Gasteiger partial charge in [-0.15, -0.1) is 0 Å². The Balaban J connectivity index is 1.83. The monoisotopic (exact) mass is 254 g/mol. The zero-order valence-corrected chi connectivity index (χ0v) is 11.4. The topological polar surface area (TPSA) is 55.6 Å². The van der Waals surface area contributed by atoms with E-state index in [9.17, 15) is 4.79 Å². The molecule has 2 unspecified atom stereocenters. The van der Waals surface area contributed by atoms with Gasteiger partial charge in [-0.25, -0.2) is 0 Å². The van der Waals surface area contributed by atoms with Crippen LogP contribution in [0, 0.1) is 17.8 Å². The number of rotatable bonds is 4. The number of carbonyl (C=O) groups excluding carboxylic acids is 1. The first-order valence-electron chi connectivity index (χ1n) is 7.25. The molecular formula is C14H26N2O2. The minimum Gasteiger partial charge on any atom is -0.381 e. The van der Waals surface area contributed by atoms with Gasteiger partial charge in [-0.3, -0.25) is 4.79 Å². The quantitative estimate of drug-likeness (QED) is 0.821. The lowest BCUT2D eigenvalue weighted by molar-refractivity contribution is -0.136. The largest absolute Gasteiger partial charge is 0.381 e. The number of hydrogen-bond donors (Lipinski definition) is 1. The van der Waals surface area contributed by atoms with Gasteiger partial charge >= 0.3 is 0 Å². The van der Waals surface area contributed by atoms with E-state index in [2.05, 4.69) is 0 Å². The highest BCUT2D eigenvalue weighted by Gasteiger charge is 2.34. The van der Waals surface area contributed by atoms with Crippen LogP contribution in [-0.4, -0.2) is 44.2 Å². The molecule has 18 heavy (non-hydrogen) atoms. The maximum absolute atomic E-state index is 12.4. The van der Waals surface area contributed by atoms with E-state index in [1.165, 1.54) is 0 Å². The molecule has 0 spiro atoms. The van der Waals surface area contributed by atoms with Crippen molar-refractivity contribution < 1.29 is 9.53 Å². The summed E-state index contributed by atoms with van der Waals surface area (Å²) in [4.78, 5) is 14.4. The summed E-state index contributed by atoms with van der Waals surface area (Å²) < 4.78 is 5.36. The fourth-order valence-corrected chi connectivity index (χ4v) is 3.33. The minimum absolute atomic E-state index is 0.180. The molecule has 1 aliphatic carbocycles. The Bertz CT molecular complexity index is 277. The number of ether oxygens (including phenoxy) is 1. The molecule has 0 bridgehead atoms. The number of carbonyl (C=O) groups is 1. The molecule has 1 saturated carbocycles. The van der Waals surface area contributed by atoms with Crippen LogP contribution < -0.4 is 5.73 Å². The van der Waals surface area contributed by atoms with Gasteiger partial charge in [0.2, 0.25) is 5.91 Å². The molecule has 1 amide bonds. The Hall–Kier alpha value is -0.610. The Kier molecular flexibility index (Phi) is 5.01. The first kappa shape index (κ1) is 13.8. The molecule has 0 aromatic rings. The molecule has 2 rings (SSSR count). The lowest BCUT2D eigenvalue weighted by atomic mass is 9.93. The van der Waals surface area contributed by atoms with Gasteiger partial charge in [0.15, 0.2) is 0 Å². The van der Waals surface area contributed by atoms with E-state index in [1.54, 1.807) is 0 Å². The molecule has 0 aromatic carbocycles. The molecule has 0 radical (unpaired) electrons. The smallest absolute Gasteiger partial charge is 0.225 e. The molecule has 1 aliphatic heterocycles. The summed E-state index contributed by atoms with van der Waals surface area (Å²) >= 11 is 0. The standard InChI is InChI=1S/C14H26N2O2/c1-16(10-11-5-7-18-8-6-11)14(17)13-4-2-3-12(13)9-15/h11-13H,2-10,15H2,1H3. The van der Waals surface area contributed by atoms with Crippen LogP contribution >= 0.6 is 0 Å². The van der Waals surface area contributed by atoms with Gasteiger partial charge in [0.1, 0.15) is 0 Å². The summed E-state index contributed by atoms with van der Waals surface area (Å²) in [6.45, 7) is 3.24. The molecule has 2 aliphatic rings. The fourth-order valence-electron chi connectivity index (χ4n) is 3.33. The number of amides is 1. The maximum Gasteiger partial charge on any atom is 0.225 e. The van der Waals surface area contributed by atoms with Crippen molar-refractivity contribution in [3.05, 3.63) is 0 Å². The highest BCUT2D eigenvalue weighted by atomic mass is 16.5. The first-order chi connectivity index (χ1) is 8.72. The van der Waals surface area contributed by atoms with Crippen molar-refractivity contribution in [3.63, 3.8) is 0 Å². The molecule has 2 atom stereocenters. The van der Waals surface area contributed by atoms with E-state index >= 15 is 0 Å². The lowest BCUT2D eigenvalue weighted by Crippen LogP contribution is -2.40. The molecule has 4 heteroatoms. The normalized spacial score (nSPS) is 29.4. The van der Waals surface area contributed by atoms with Gasteiger partial charge in [0, 0.05) is 32.7 Å². The summed E-state index contributed by atoms with van der Waals surface area (Å²) in [5, 5.41) is 0. The fraction of sp³-hybridized carbons (Fsp3) is 0.929. The van der Waals surface area contributed by atoms with E-state index in [0.717, 1.165) is 51.9 Å². The van der Waals surface area contributed by atoms with E-state index in [0.29, 0.717) is 24.3 Å². The van der Waals surface area contributed by atoms with Crippen LogP contribution in [0.4, 0.5) is 0 Å². The molecule has 2 N–H and O–H groups in total. The van der Waals surface area contributed by atoms with Gasteiger partial charge in [-0.2, -0.15) is 0 Å². The predicted octanol–water partition coefficient (Wildman–Crippen LogP) is 1.25. The van der Waals surface area contributed by atoms with Crippen molar-refractivity contribution >= 4 is 5.91 Å². The molecule has 1 saturated heterocycles. The third kappa shape index (κ3) is 3.23. The minimum atomic E-state index is 0.180. The molecular weight excluding hydrogens is 228 g/mol. The predicted molar refractivity (Wildman–Crippen MR) is 71.1 cm³/mol. The molecule has 104 valence electrons. The molecule has 4 nitrogen and oxygen atoms in total. The van der Waals surface area contributed by atoms with Crippen LogP contribution in [0.5, 0.6) is 0 Å². The van der Waals surface area contributed by atoms with E-state index in [1.807, 2.05) is 11.9 Å². The third-order valence-corrected chi connectivity index (χ3v) is 4.53. The highest BCUT2D eigenvalue weighted by molar-refractivity contribution is 5.79. The van der Waals surface area contributed by atoms with Crippen LogP contribution in [0.15, 0.2) is 0 Å². The highest BCUT2D eigenvalue weighted by Crippen LogP contribution is 2.32. The second-order valence-corrected chi connectivity index (χ2v) is 5.81. The Morgan fingerprint density at radius 1 is 1.28 bits per heavy atom. The summed E-state index contributed by atoms with van der Waals surface area (Å²) in [7, 11) is 1.95. The van der Waals surface area contributed by atoms with Gasteiger partial charge in [0.05, 0.1) is 0 Å². The lowest BCUT2D eigenvalue weighted by Gasteiger charge is -2.30. The molecule has 1 heterocycles. The van der Waals surface area contributed by atoms with Crippen LogP contribution in [0.2, 0.25) is 0 Å². The molecule has 2 fully saturated rings. The second kappa shape index (κ2) is 6.53. The SMILES string of the molecule is CN(CC1CCOCC1)C(=O)C1CCCC1CN. The van der Waals surface area contributed by atoms with Crippen molar-refractivity contribution in [1.82, 2.24) is 4.90 Å². The van der Waals surface area contributed by atoms with E-state index in [4.69, 9.17) is 10.5 Å². The summed E-state index contributed by atoms with van der Waals surface area (Å²) in [6.07, 6.45) is 5.48. The van der Waals surface area contributed by atoms with Gasteiger partial charge in [0.25, 0.3) is 0 Å². The van der Waals surface area contributed by atoms with Crippen molar-refractivity contribution in [3.8, 4) is 0 Å². The van der Waals surface area contributed by atoms with Crippen LogP contribution in [0.3, 0.4) is 0 Å². The summed E-state index contributed by atoms with van der Waals surface area (Å²) in [5.41, 5.74) is 5.76. The van der Waals surface area contributed by atoms with Gasteiger partial charge in [-0.05, 0) is 44.1 Å². The zero-order valence-electron chi connectivity index (χ0n) is 11.4. The summed E-state index contributed by atoms with van der Waals surface area (Å²) in [6, 6.07) is 0. The second-order valence-electron chi connectivity index (χ2n) is 5.81. The number of nitrogens with zero attached hydrogens (tertiary/aromatic N) is 1. The number of hydrogen-bond acceptors (Lipinski definition) is 3. The zero-order chi connectivity index (χ0) is 13.0. The average Bonchev–Trinajstić information content (AvgIpc) is 2.87. The average molecular weight is 254 g/mol. The van der Waals surface area contributed by atoms with Gasteiger partial charge in [-0.1, -0.05) is 6.42 Å². The Labute approximate surface area is 110 Å². The van der Waals surface area contributed by atoms with Crippen LogP contribution in [0.25, 0.3) is 0 Å². The van der Waals surface area contributed by atoms with Crippen molar-refractivity contribution in [2.45, 2.75) is 32.1 Å².